The highest BCUT2D eigenvalue weighted by Gasteiger charge is 2.39. The van der Waals surface area contributed by atoms with Gasteiger partial charge in [-0.05, 0) is 18.6 Å². The van der Waals surface area contributed by atoms with E-state index in [-0.39, 0.29) is 10.6 Å². The van der Waals surface area contributed by atoms with Crippen molar-refractivity contribution >= 4 is 17.4 Å². The first-order valence-corrected chi connectivity index (χ1v) is 3.94. The van der Waals surface area contributed by atoms with Crippen molar-refractivity contribution in [3.63, 3.8) is 0 Å². The van der Waals surface area contributed by atoms with Crippen molar-refractivity contribution in [3.05, 3.63) is 28.5 Å². The molecule has 0 radical (unpaired) electrons. The minimum atomic E-state index is -4.87. The number of hydrogen-bond acceptors (Lipinski definition) is 2. The molecule has 84 valence electrons. The van der Waals surface area contributed by atoms with Gasteiger partial charge in [-0.3, -0.25) is 4.79 Å². The van der Waals surface area contributed by atoms with Crippen LogP contribution in [0, 0.1) is 6.92 Å². The van der Waals surface area contributed by atoms with E-state index < -0.39 is 17.5 Å². The van der Waals surface area contributed by atoms with Gasteiger partial charge in [0, 0.05) is 11.8 Å². The zero-order chi connectivity index (χ0) is 10.9. The highest BCUT2D eigenvalue weighted by molar-refractivity contribution is 6.30. The molecule has 0 saturated carbocycles. The average molecular weight is 242 g/mol. The molecule has 0 atom stereocenters. The first kappa shape index (κ1) is 13.9. The van der Waals surface area contributed by atoms with Crippen LogP contribution in [0.3, 0.4) is 0 Å². The predicted octanol–water partition coefficient (Wildman–Crippen LogP) is 1.96. The van der Waals surface area contributed by atoms with Gasteiger partial charge in [-0.2, -0.15) is 13.2 Å². The number of aromatic nitrogens is 1. The minimum absolute atomic E-state index is 0. The van der Waals surface area contributed by atoms with E-state index >= 15 is 0 Å². The molecule has 1 rings (SSSR count). The van der Waals surface area contributed by atoms with Gasteiger partial charge in [-0.15, -0.1) is 0 Å². The van der Waals surface area contributed by atoms with Crippen molar-refractivity contribution in [2.75, 3.05) is 0 Å². The second-order valence-corrected chi connectivity index (χ2v) is 3.02. The van der Waals surface area contributed by atoms with Crippen molar-refractivity contribution < 1.29 is 23.4 Å². The topological polar surface area (TPSA) is 61.5 Å². The maximum absolute atomic E-state index is 12.0. The summed E-state index contributed by atoms with van der Waals surface area (Å²) < 4.78 is 35.9. The quantitative estimate of drug-likeness (QED) is 0.557. The van der Waals surface area contributed by atoms with E-state index in [0.717, 1.165) is 12.3 Å². The van der Waals surface area contributed by atoms with Gasteiger partial charge in [0.05, 0.1) is 0 Å². The Kier molecular flexibility index (Phi) is 4.24. The van der Waals surface area contributed by atoms with E-state index in [4.69, 9.17) is 11.6 Å². The fourth-order valence-electron chi connectivity index (χ4n) is 0.846. The molecule has 0 unspecified atom stereocenters. The van der Waals surface area contributed by atoms with Crippen LogP contribution in [-0.4, -0.2) is 22.4 Å². The first-order valence-electron chi connectivity index (χ1n) is 3.56. The molecule has 0 spiro atoms. The summed E-state index contributed by atoms with van der Waals surface area (Å²) in [4.78, 5) is 14.2. The predicted molar refractivity (Wildman–Crippen MR) is 48.0 cm³/mol. The number of pyridine rings is 1. The van der Waals surface area contributed by atoms with Gasteiger partial charge in [0.15, 0.2) is 0 Å². The van der Waals surface area contributed by atoms with Crippen molar-refractivity contribution in [3.8, 4) is 0 Å². The highest BCUT2D eigenvalue weighted by atomic mass is 35.5. The summed E-state index contributed by atoms with van der Waals surface area (Å²) in [5, 5.41) is 0.0868. The zero-order valence-electron chi connectivity index (χ0n) is 7.52. The molecule has 1 aromatic rings. The van der Waals surface area contributed by atoms with Gasteiger partial charge in [0.2, 0.25) is 0 Å². The van der Waals surface area contributed by atoms with Crippen molar-refractivity contribution in [1.29, 1.82) is 0 Å². The lowest BCUT2D eigenvalue weighted by Gasteiger charge is -2.05. The number of ketones is 1. The van der Waals surface area contributed by atoms with Crippen LogP contribution in [0.5, 0.6) is 0 Å². The number of aryl methyl sites for hydroxylation is 1. The Balaban J connectivity index is 0.00000196. The van der Waals surface area contributed by atoms with Gasteiger partial charge in [-0.1, -0.05) is 11.6 Å². The van der Waals surface area contributed by atoms with E-state index in [9.17, 15) is 18.0 Å². The largest absolute Gasteiger partial charge is 0.454 e. The summed E-state index contributed by atoms with van der Waals surface area (Å²) in [6.07, 6.45) is -4.06. The van der Waals surface area contributed by atoms with Crippen LogP contribution < -0.4 is 0 Å². The Morgan fingerprint density at radius 1 is 1.47 bits per heavy atom. The SMILES string of the molecule is Cc1cc(C(=O)C(F)(F)F)cnc1Cl.O. The number of halogens is 4. The number of rotatable bonds is 1. The lowest BCUT2D eigenvalue weighted by Crippen LogP contribution is -2.22. The van der Waals surface area contributed by atoms with E-state index in [1.54, 1.807) is 0 Å². The molecule has 0 saturated heterocycles. The maximum atomic E-state index is 12.0. The number of alkyl halides is 3. The smallest absolute Gasteiger partial charge is 0.412 e. The lowest BCUT2D eigenvalue weighted by atomic mass is 10.1. The number of Topliss-reactive ketones (excluding diaryl/α,β-unsaturated/α-hetero) is 1. The third-order valence-corrected chi connectivity index (χ3v) is 1.93. The van der Waals surface area contributed by atoms with Crippen LogP contribution >= 0.6 is 11.6 Å². The second-order valence-electron chi connectivity index (χ2n) is 2.66. The van der Waals surface area contributed by atoms with E-state index in [0.29, 0.717) is 5.56 Å². The third-order valence-electron chi connectivity index (χ3n) is 1.53. The van der Waals surface area contributed by atoms with Crippen molar-refractivity contribution in [1.82, 2.24) is 4.98 Å². The Bertz CT molecular complexity index is 379. The molecule has 0 amide bonds. The molecule has 0 aliphatic heterocycles. The Morgan fingerprint density at radius 2 is 2.00 bits per heavy atom. The number of hydrogen-bond donors (Lipinski definition) is 0. The Labute approximate surface area is 88.2 Å². The molecule has 0 bridgehead atoms. The van der Waals surface area contributed by atoms with Crippen molar-refractivity contribution in [2.24, 2.45) is 0 Å². The highest BCUT2D eigenvalue weighted by Crippen LogP contribution is 2.22. The van der Waals surface area contributed by atoms with E-state index in [1.165, 1.54) is 6.92 Å². The lowest BCUT2D eigenvalue weighted by molar-refractivity contribution is -0.0885. The molecule has 0 fully saturated rings. The van der Waals surface area contributed by atoms with Crippen LogP contribution in [0.15, 0.2) is 12.3 Å². The number of carbonyl (C=O) groups excluding carboxylic acids is 1. The van der Waals surface area contributed by atoms with Gasteiger partial charge >= 0.3 is 6.18 Å². The van der Waals surface area contributed by atoms with Gasteiger partial charge < -0.3 is 5.48 Å². The fourth-order valence-corrected chi connectivity index (χ4v) is 0.949. The van der Waals surface area contributed by atoms with Crippen LogP contribution in [0.25, 0.3) is 0 Å². The Morgan fingerprint density at radius 3 is 2.40 bits per heavy atom. The molecule has 0 aliphatic rings. The normalized spacial score (nSPS) is 10.7. The average Bonchev–Trinajstić information content (AvgIpc) is 2.07. The summed E-state index contributed by atoms with van der Waals surface area (Å²) in [6.45, 7) is 1.47. The molecular weight excluding hydrogens is 235 g/mol. The molecule has 1 heterocycles. The molecule has 7 heteroatoms. The molecule has 15 heavy (non-hydrogen) atoms. The van der Waals surface area contributed by atoms with Crippen molar-refractivity contribution in [2.45, 2.75) is 13.1 Å². The molecule has 3 nitrogen and oxygen atoms in total. The number of carbonyl (C=O) groups is 1. The summed E-state index contributed by atoms with van der Waals surface area (Å²) in [6, 6.07) is 1.06. The summed E-state index contributed by atoms with van der Waals surface area (Å²) in [5.74, 6) is -1.91. The van der Waals surface area contributed by atoms with Crippen LogP contribution in [0.1, 0.15) is 15.9 Å². The maximum Gasteiger partial charge on any atom is 0.454 e. The molecule has 0 aliphatic carbocycles. The van der Waals surface area contributed by atoms with Crippen LogP contribution in [0.2, 0.25) is 5.15 Å². The van der Waals surface area contributed by atoms with Gasteiger partial charge in [0.25, 0.3) is 5.78 Å². The number of nitrogens with zero attached hydrogens (tertiary/aromatic N) is 1. The van der Waals surface area contributed by atoms with Gasteiger partial charge in [0.1, 0.15) is 5.15 Å². The molecule has 2 N–H and O–H groups in total. The zero-order valence-corrected chi connectivity index (χ0v) is 8.28. The summed E-state index contributed by atoms with van der Waals surface area (Å²) in [7, 11) is 0. The minimum Gasteiger partial charge on any atom is -0.412 e. The monoisotopic (exact) mass is 241 g/mol. The van der Waals surface area contributed by atoms with Gasteiger partial charge in [-0.25, -0.2) is 4.98 Å². The van der Waals surface area contributed by atoms with Crippen LogP contribution in [0.4, 0.5) is 13.2 Å². The van der Waals surface area contributed by atoms with Crippen LogP contribution in [-0.2, 0) is 0 Å². The molecular formula is C8H7ClF3NO2. The second kappa shape index (κ2) is 4.59. The third kappa shape index (κ3) is 3.17. The summed E-state index contributed by atoms with van der Waals surface area (Å²) >= 11 is 5.50. The standard InChI is InChI=1S/C8H5ClF3NO.H2O/c1-4-2-5(3-13-7(4)9)6(14)8(10,11)12;/h2-3H,1H3;1H2. The summed E-state index contributed by atoms with van der Waals surface area (Å²) in [5.41, 5.74) is -0.166. The van der Waals surface area contributed by atoms with E-state index in [1.807, 2.05) is 0 Å². The fraction of sp³-hybridized carbons (Fsp3) is 0.250. The molecule has 0 aromatic carbocycles. The molecule has 1 aromatic heterocycles. The first-order chi connectivity index (χ1) is 6.32. The van der Waals surface area contributed by atoms with E-state index in [2.05, 4.69) is 4.98 Å². The Hall–Kier alpha value is -1.14.